The van der Waals surface area contributed by atoms with Crippen LogP contribution in [-0.2, 0) is 4.79 Å². The lowest BCUT2D eigenvalue weighted by Gasteiger charge is -2.20. The van der Waals surface area contributed by atoms with E-state index in [2.05, 4.69) is 10.3 Å². The number of anilines is 1. The molecule has 3 N–H and O–H groups in total. The van der Waals surface area contributed by atoms with Crippen molar-refractivity contribution in [3.05, 3.63) is 24.3 Å². The van der Waals surface area contributed by atoms with Gasteiger partial charge in [0.1, 0.15) is 6.04 Å². The number of fused-ring (bicyclic) bond motifs is 1. The van der Waals surface area contributed by atoms with Gasteiger partial charge in [-0.15, -0.1) is 0 Å². The molecule has 3 rings (SSSR count). The number of hydrogen-bond acceptors (Lipinski definition) is 5. The Morgan fingerprint density at radius 2 is 2.14 bits per heavy atom. The molecule has 0 bridgehead atoms. The van der Waals surface area contributed by atoms with Crippen molar-refractivity contribution in [3.63, 3.8) is 0 Å². The summed E-state index contributed by atoms with van der Waals surface area (Å²) in [5, 5.41) is 21.6. The summed E-state index contributed by atoms with van der Waals surface area (Å²) in [6.45, 7) is 0.00763. The molecule has 2 heterocycles. The fourth-order valence-electron chi connectivity index (χ4n) is 2.36. The van der Waals surface area contributed by atoms with Crippen LogP contribution in [0.5, 0.6) is 0 Å². The fraction of sp³-hybridized carbons (Fsp3) is 0.308. The highest BCUT2D eigenvalue weighted by atomic mass is 32.1. The lowest BCUT2D eigenvalue weighted by atomic mass is 10.2. The number of β-amino-alcohol motifs (C(OH)–C–C–N with tert-alkyl or cyclic N) is 1. The molecule has 1 unspecified atom stereocenters. The highest BCUT2D eigenvalue weighted by molar-refractivity contribution is 7.22. The maximum absolute atomic E-state index is 12.2. The highest BCUT2D eigenvalue weighted by Gasteiger charge is 2.39. The minimum absolute atomic E-state index is 0.00763. The lowest BCUT2D eigenvalue weighted by Crippen LogP contribution is -2.43. The Hall–Kier alpha value is -2.19. The molecule has 0 spiro atoms. The van der Waals surface area contributed by atoms with Crippen molar-refractivity contribution in [2.75, 3.05) is 11.9 Å². The van der Waals surface area contributed by atoms with E-state index in [1.807, 2.05) is 24.3 Å². The molecule has 1 saturated heterocycles. The van der Waals surface area contributed by atoms with Crippen molar-refractivity contribution >= 4 is 38.7 Å². The molecule has 0 aliphatic carbocycles. The van der Waals surface area contributed by atoms with Crippen LogP contribution in [0.3, 0.4) is 0 Å². The number of carbonyl (C=O) groups excluding carboxylic acids is 1. The van der Waals surface area contributed by atoms with E-state index >= 15 is 0 Å². The number of aliphatic carboxylic acids is 1. The molecular formula is C13H13N3O4S. The lowest BCUT2D eigenvalue weighted by molar-refractivity contribution is -0.141. The van der Waals surface area contributed by atoms with Crippen molar-refractivity contribution in [2.45, 2.75) is 18.6 Å². The number of nitrogens with one attached hydrogen (secondary N) is 1. The fourth-order valence-corrected chi connectivity index (χ4v) is 3.22. The van der Waals surface area contributed by atoms with Crippen LogP contribution in [0.4, 0.5) is 9.93 Å². The molecule has 1 aliphatic heterocycles. The second-order valence-corrected chi connectivity index (χ2v) is 5.84. The summed E-state index contributed by atoms with van der Waals surface area (Å²) < 4.78 is 0.934. The van der Waals surface area contributed by atoms with Gasteiger partial charge in [-0.25, -0.2) is 14.6 Å². The maximum Gasteiger partial charge on any atom is 0.326 e. The van der Waals surface area contributed by atoms with Crippen molar-refractivity contribution in [1.29, 1.82) is 0 Å². The number of likely N-dealkylation sites (tertiary alicyclic amines) is 1. The number of aliphatic hydroxyl groups excluding tert-OH is 1. The number of thiazole rings is 1. The van der Waals surface area contributed by atoms with E-state index in [-0.39, 0.29) is 13.0 Å². The van der Waals surface area contributed by atoms with Gasteiger partial charge in [0.15, 0.2) is 5.13 Å². The van der Waals surface area contributed by atoms with Gasteiger partial charge in [0.05, 0.1) is 16.3 Å². The van der Waals surface area contributed by atoms with E-state index in [1.54, 1.807) is 0 Å². The Kier molecular flexibility index (Phi) is 3.48. The van der Waals surface area contributed by atoms with Crippen LogP contribution in [0.1, 0.15) is 6.42 Å². The number of aliphatic hydroxyl groups is 1. The molecular weight excluding hydrogens is 294 g/mol. The van der Waals surface area contributed by atoms with E-state index in [9.17, 15) is 14.7 Å². The number of aromatic nitrogens is 1. The predicted molar refractivity (Wildman–Crippen MR) is 77.4 cm³/mol. The van der Waals surface area contributed by atoms with Gasteiger partial charge in [-0.05, 0) is 12.1 Å². The average Bonchev–Trinajstić information content (AvgIpc) is 3.01. The van der Waals surface area contributed by atoms with Gasteiger partial charge in [0.25, 0.3) is 0 Å². The third-order valence-corrected chi connectivity index (χ3v) is 4.28. The van der Waals surface area contributed by atoms with E-state index in [1.165, 1.54) is 11.3 Å². The minimum atomic E-state index is -1.12. The first-order chi connectivity index (χ1) is 10.0. The number of hydrogen-bond donors (Lipinski definition) is 3. The first-order valence-corrected chi connectivity index (χ1v) is 7.20. The van der Waals surface area contributed by atoms with Gasteiger partial charge in [-0.2, -0.15) is 0 Å². The monoisotopic (exact) mass is 307 g/mol. The molecule has 0 radical (unpaired) electrons. The molecule has 1 aliphatic rings. The Morgan fingerprint density at radius 1 is 1.38 bits per heavy atom. The molecule has 2 aromatic rings. The zero-order valence-corrected chi connectivity index (χ0v) is 11.7. The Morgan fingerprint density at radius 3 is 2.86 bits per heavy atom. The van der Waals surface area contributed by atoms with Gasteiger partial charge >= 0.3 is 12.0 Å². The normalized spacial score (nSPS) is 21.7. The van der Waals surface area contributed by atoms with E-state index in [4.69, 9.17) is 5.11 Å². The van der Waals surface area contributed by atoms with Gasteiger partial charge in [-0.3, -0.25) is 5.32 Å². The van der Waals surface area contributed by atoms with Gasteiger partial charge in [0.2, 0.25) is 0 Å². The number of para-hydroxylation sites is 1. The van der Waals surface area contributed by atoms with Crippen LogP contribution >= 0.6 is 11.3 Å². The number of benzene rings is 1. The zero-order chi connectivity index (χ0) is 15.0. The third-order valence-electron chi connectivity index (χ3n) is 3.33. The minimum Gasteiger partial charge on any atom is -0.480 e. The van der Waals surface area contributed by atoms with Gasteiger partial charge in [0, 0.05) is 13.0 Å². The Balaban J connectivity index is 1.77. The van der Waals surface area contributed by atoms with E-state index in [0.717, 1.165) is 15.1 Å². The molecule has 7 nitrogen and oxygen atoms in total. The molecule has 1 aromatic heterocycles. The van der Waals surface area contributed by atoms with E-state index in [0.29, 0.717) is 5.13 Å². The molecule has 21 heavy (non-hydrogen) atoms. The Labute approximate surface area is 123 Å². The average molecular weight is 307 g/mol. The third kappa shape index (κ3) is 2.67. The van der Waals surface area contributed by atoms with Crippen molar-refractivity contribution < 1.29 is 19.8 Å². The SMILES string of the molecule is O=C(O)[C@@H]1CC(O)CN1C(=O)Nc1nc2ccccc2s1. The number of carboxylic acid groups (broad SMARTS) is 1. The van der Waals surface area contributed by atoms with Crippen LogP contribution in [0.2, 0.25) is 0 Å². The number of nitrogens with zero attached hydrogens (tertiary/aromatic N) is 2. The van der Waals surface area contributed by atoms with Crippen LogP contribution < -0.4 is 5.32 Å². The van der Waals surface area contributed by atoms with Crippen molar-refractivity contribution in [2.24, 2.45) is 0 Å². The van der Waals surface area contributed by atoms with Gasteiger partial charge < -0.3 is 15.1 Å². The zero-order valence-electron chi connectivity index (χ0n) is 10.9. The molecule has 1 fully saturated rings. The first kappa shape index (κ1) is 13.8. The van der Waals surface area contributed by atoms with Crippen LogP contribution in [0.15, 0.2) is 24.3 Å². The number of carbonyl (C=O) groups is 2. The summed E-state index contributed by atoms with van der Waals surface area (Å²) in [4.78, 5) is 28.7. The first-order valence-electron chi connectivity index (χ1n) is 6.38. The molecule has 1 aromatic carbocycles. The topological polar surface area (TPSA) is 103 Å². The largest absolute Gasteiger partial charge is 0.480 e. The summed E-state index contributed by atoms with van der Waals surface area (Å²) in [5.41, 5.74) is 0.772. The van der Waals surface area contributed by atoms with Crippen molar-refractivity contribution in [1.82, 2.24) is 9.88 Å². The van der Waals surface area contributed by atoms with Gasteiger partial charge in [-0.1, -0.05) is 23.5 Å². The quantitative estimate of drug-likeness (QED) is 0.777. The number of carboxylic acids is 1. The van der Waals surface area contributed by atoms with E-state index < -0.39 is 24.1 Å². The van der Waals surface area contributed by atoms with Crippen LogP contribution in [0, 0.1) is 0 Å². The molecule has 2 atom stereocenters. The van der Waals surface area contributed by atoms with Crippen LogP contribution in [-0.4, -0.2) is 50.8 Å². The molecule has 8 heteroatoms. The summed E-state index contributed by atoms with van der Waals surface area (Å²) in [7, 11) is 0. The summed E-state index contributed by atoms with van der Waals surface area (Å²) in [6.07, 6.45) is -0.769. The smallest absolute Gasteiger partial charge is 0.326 e. The molecule has 2 amide bonds. The summed E-state index contributed by atoms with van der Waals surface area (Å²) >= 11 is 1.32. The number of amides is 2. The van der Waals surface area contributed by atoms with Crippen molar-refractivity contribution in [3.8, 4) is 0 Å². The predicted octanol–water partition coefficient (Wildman–Crippen LogP) is 1.35. The highest BCUT2D eigenvalue weighted by Crippen LogP contribution is 2.26. The second kappa shape index (κ2) is 5.30. The molecule has 0 saturated carbocycles. The number of urea groups is 1. The summed E-state index contributed by atoms with van der Waals surface area (Å²) in [6, 6.07) is 5.89. The standard InChI is InChI=1S/C13H13N3O4S/c17-7-5-9(11(18)19)16(6-7)13(20)15-12-14-8-3-1-2-4-10(8)21-12/h1-4,7,9,17H,5-6H2,(H,18,19)(H,14,15,20)/t7?,9-/m0/s1. The number of rotatable bonds is 2. The maximum atomic E-state index is 12.2. The Bertz CT molecular complexity index is 669. The summed E-state index contributed by atoms with van der Waals surface area (Å²) in [5.74, 6) is -1.12. The molecule has 110 valence electrons. The second-order valence-electron chi connectivity index (χ2n) is 4.81. The van der Waals surface area contributed by atoms with Crippen LogP contribution in [0.25, 0.3) is 10.2 Å².